The number of thiophene rings is 1. The van der Waals surface area contributed by atoms with Crippen LogP contribution >= 0.6 is 11.3 Å². The van der Waals surface area contributed by atoms with Gasteiger partial charge in [-0.2, -0.15) is 0 Å². The van der Waals surface area contributed by atoms with Crippen LogP contribution in [0.1, 0.15) is 36.7 Å². The lowest BCUT2D eigenvalue weighted by molar-refractivity contribution is 0.0601. The highest BCUT2D eigenvalue weighted by atomic mass is 32.1. The largest absolute Gasteiger partial charge is 0.465 e. The first kappa shape index (κ1) is 21.5. The van der Waals surface area contributed by atoms with E-state index in [0.29, 0.717) is 38.4 Å². The van der Waals surface area contributed by atoms with Crippen molar-refractivity contribution in [2.24, 2.45) is 0 Å². The number of anilines is 1. The number of esters is 1. The van der Waals surface area contributed by atoms with Crippen molar-refractivity contribution in [3.63, 3.8) is 0 Å². The van der Waals surface area contributed by atoms with Gasteiger partial charge in [-0.1, -0.05) is 23.8 Å². The molecule has 4 aromatic rings. The van der Waals surface area contributed by atoms with Crippen molar-refractivity contribution in [2.45, 2.75) is 20.8 Å². The van der Waals surface area contributed by atoms with Crippen LogP contribution in [0, 0.1) is 20.8 Å². The van der Waals surface area contributed by atoms with Crippen molar-refractivity contribution < 1.29 is 18.7 Å². The molecule has 0 unspecified atom stereocenters. The molecule has 0 fully saturated rings. The lowest BCUT2D eigenvalue weighted by Crippen LogP contribution is -2.14. The Balaban J connectivity index is 1.61. The van der Waals surface area contributed by atoms with Gasteiger partial charge in [0.15, 0.2) is 5.43 Å². The number of methoxy groups -OCH3 is 1. The van der Waals surface area contributed by atoms with E-state index in [4.69, 9.17) is 9.15 Å². The van der Waals surface area contributed by atoms with Crippen LogP contribution in [0.2, 0.25) is 0 Å². The number of ether oxygens (including phenoxy) is 1. The molecule has 6 nitrogen and oxygen atoms in total. The summed E-state index contributed by atoms with van der Waals surface area (Å²) in [7, 11) is 1.31. The average molecular weight is 448 g/mol. The summed E-state index contributed by atoms with van der Waals surface area (Å²) in [6.45, 7) is 5.63. The third kappa shape index (κ3) is 3.94. The smallest absolute Gasteiger partial charge is 0.341 e. The van der Waals surface area contributed by atoms with Gasteiger partial charge in [-0.15, -0.1) is 11.3 Å². The maximum atomic E-state index is 12.8. The second-order valence-corrected chi connectivity index (χ2v) is 8.71. The molecule has 7 heteroatoms. The van der Waals surface area contributed by atoms with E-state index in [0.717, 1.165) is 16.0 Å². The topological polar surface area (TPSA) is 85.6 Å². The van der Waals surface area contributed by atoms with Crippen molar-refractivity contribution in [3.8, 4) is 11.3 Å². The zero-order valence-electron chi connectivity index (χ0n) is 18.1. The molecule has 32 heavy (non-hydrogen) atoms. The lowest BCUT2D eigenvalue weighted by Gasteiger charge is -2.08. The summed E-state index contributed by atoms with van der Waals surface area (Å²) in [5, 5.41) is 3.80. The van der Waals surface area contributed by atoms with E-state index in [1.165, 1.54) is 24.5 Å². The van der Waals surface area contributed by atoms with Gasteiger partial charge in [0.1, 0.15) is 16.3 Å². The highest BCUT2D eigenvalue weighted by molar-refractivity contribution is 7.16. The number of rotatable bonds is 4. The van der Waals surface area contributed by atoms with E-state index < -0.39 is 5.97 Å². The molecule has 0 saturated heterocycles. The first-order valence-corrected chi connectivity index (χ1v) is 10.7. The molecule has 4 rings (SSSR count). The number of carbonyl (C=O) groups excluding carboxylic acids is 2. The first-order valence-electron chi connectivity index (χ1n) is 9.93. The number of hydrogen-bond acceptors (Lipinski definition) is 6. The molecule has 1 amide bonds. The van der Waals surface area contributed by atoms with Crippen molar-refractivity contribution in [1.29, 1.82) is 0 Å². The highest BCUT2D eigenvalue weighted by Crippen LogP contribution is 2.33. The van der Waals surface area contributed by atoms with Crippen LogP contribution in [-0.2, 0) is 4.74 Å². The molecule has 0 spiro atoms. The zero-order chi connectivity index (χ0) is 23.0. The van der Waals surface area contributed by atoms with Crippen LogP contribution in [0.5, 0.6) is 0 Å². The number of fused-ring (bicyclic) bond motifs is 1. The number of aryl methyl sites for hydroxylation is 2. The molecule has 0 atom stereocenters. The minimum absolute atomic E-state index is 0.120. The molecule has 2 aromatic heterocycles. The predicted molar refractivity (Wildman–Crippen MR) is 126 cm³/mol. The minimum atomic E-state index is -0.487. The average Bonchev–Trinajstić information content (AvgIpc) is 3.06. The van der Waals surface area contributed by atoms with Crippen LogP contribution in [0.25, 0.3) is 22.3 Å². The summed E-state index contributed by atoms with van der Waals surface area (Å²) in [6, 6.07) is 13.7. The standard InChI is InChI=1S/C25H21NO5S/c1-13-5-10-20-18(11-13)19(27)12-21(31-20)16-6-8-17(9-7-16)23(28)26-24-22(25(29)30-4)14(2)15(3)32-24/h5-12H,1-4H3,(H,26,28). The number of nitrogens with one attached hydrogen (secondary N) is 1. The fourth-order valence-electron chi connectivity index (χ4n) is 3.44. The van der Waals surface area contributed by atoms with Crippen molar-refractivity contribution in [3.05, 3.63) is 85.9 Å². The van der Waals surface area contributed by atoms with E-state index in [9.17, 15) is 14.4 Å². The second-order valence-electron chi connectivity index (χ2n) is 7.48. The van der Waals surface area contributed by atoms with E-state index in [-0.39, 0.29) is 11.3 Å². The Bertz CT molecular complexity index is 1410. The second kappa shape index (κ2) is 8.43. The molecular weight excluding hydrogens is 426 g/mol. The van der Waals surface area contributed by atoms with Gasteiger partial charge >= 0.3 is 5.97 Å². The van der Waals surface area contributed by atoms with Gasteiger partial charge in [0.2, 0.25) is 0 Å². The third-order valence-corrected chi connectivity index (χ3v) is 6.44. The Morgan fingerprint density at radius 1 is 1.00 bits per heavy atom. The van der Waals surface area contributed by atoms with E-state index in [2.05, 4.69) is 5.32 Å². The molecule has 0 saturated carbocycles. The van der Waals surface area contributed by atoms with Crippen molar-refractivity contribution in [2.75, 3.05) is 12.4 Å². The van der Waals surface area contributed by atoms with Crippen LogP contribution in [0.15, 0.2) is 57.7 Å². The predicted octanol–water partition coefficient (Wildman–Crippen LogP) is 5.49. The lowest BCUT2D eigenvalue weighted by atomic mass is 10.1. The Kier molecular flexibility index (Phi) is 5.67. The van der Waals surface area contributed by atoms with Crippen LogP contribution in [0.3, 0.4) is 0 Å². The van der Waals surface area contributed by atoms with E-state index in [1.807, 2.05) is 26.8 Å². The van der Waals surface area contributed by atoms with Crippen LogP contribution in [0.4, 0.5) is 5.00 Å². The molecule has 0 bridgehead atoms. The molecule has 1 N–H and O–H groups in total. The monoisotopic (exact) mass is 447 g/mol. The van der Waals surface area contributed by atoms with Gasteiger partial charge in [0, 0.05) is 22.1 Å². The molecule has 0 radical (unpaired) electrons. The van der Waals surface area contributed by atoms with E-state index >= 15 is 0 Å². The van der Waals surface area contributed by atoms with Crippen LogP contribution < -0.4 is 10.7 Å². The quantitative estimate of drug-likeness (QED) is 0.418. The van der Waals surface area contributed by atoms with Gasteiger partial charge < -0.3 is 14.5 Å². The Hall–Kier alpha value is -3.71. The zero-order valence-corrected chi connectivity index (χ0v) is 18.9. The summed E-state index contributed by atoms with van der Waals surface area (Å²) in [5.74, 6) is -0.409. The SMILES string of the molecule is COC(=O)c1c(NC(=O)c2ccc(-c3cc(=O)c4cc(C)ccc4o3)cc2)sc(C)c1C. The number of amides is 1. The van der Waals surface area contributed by atoms with Gasteiger partial charge in [0.25, 0.3) is 5.91 Å². The molecule has 0 aliphatic heterocycles. The Morgan fingerprint density at radius 2 is 1.72 bits per heavy atom. The summed E-state index contributed by atoms with van der Waals surface area (Å²) >= 11 is 1.33. The maximum Gasteiger partial charge on any atom is 0.341 e. The molecular formula is C25H21NO5S. The molecule has 2 heterocycles. The molecule has 162 valence electrons. The fraction of sp³-hybridized carbons (Fsp3) is 0.160. The normalized spacial score (nSPS) is 10.9. The van der Waals surface area contributed by atoms with Crippen LogP contribution in [-0.4, -0.2) is 19.0 Å². The first-order chi connectivity index (χ1) is 15.3. The van der Waals surface area contributed by atoms with Gasteiger partial charge in [-0.05, 0) is 50.6 Å². The highest BCUT2D eigenvalue weighted by Gasteiger charge is 2.22. The van der Waals surface area contributed by atoms with Crippen molar-refractivity contribution >= 4 is 39.2 Å². The summed E-state index contributed by atoms with van der Waals surface area (Å²) < 4.78 is 10.7. The molecule has 0 aliphatic carbocycles. The number of hydrogen-bond donors (Lipinski definition) is 1. The fourth-order valence-corrected chi connectivity index (χ4v) is 4.48. The summed E-state index contributed by atoms with van der Waals surface area (Å²) in [4.78, 5) is 38.3. The molecule has 2 aromatic carbocycles. The summed E-state index contributed by atoms with van der Waals surface area (Å²) in [6.07, 6.45) is 0. The number of benzene rings is 2. The van der Waals surface area contributed by atoms with Gasteiger partial charge in [0.05, 0.1) is 18.1 Å². The summed E-state index contributed by atoms with van der Waals surface area (Å²) in [5.41, 5.74) is 3.62. The van der Waals surface area contributed by atoms with Crippen molar-refractivity contribution in [1.82, 2.24) is 0 Å². The third-order valence-electron chi connectivity index (χ3n) is 5.32. The van der Waals surface area contributed by atoms with Gasteiger partial charge in [-0.3, -0.25) is 9.59 Å². The van der Waals surface area contributed by atoms with E-state index in [1.54, 1.807) is 36.4 Å². The number of carbonyl (C=O) groups is 2. The minimum Gasteiger partial charge on any atom is -0.465 e. The Morgan fingerprint density at radius 3 is 2.41 bits per heavy atom. The molecule has 0 aliphatic rings. The maximum absolute atomic E-state index is 12.8. The Labute approximate surface area is 188 Å². The van der Waals surface area contributed by atoms with Gasteiger partial charge in [-0.25, -0.2) is 4.79 Å².